The molecular formula is C17H19NO3. The highest BCUT2D eigenvalue weighted by atomic mass is 16.5. The summed E-state index contributed by atoms with van der Waals surface area (Å²) in [6, 6.07) is 12.5. The first kappa shape index (κ1) is 15.1. The first-order chi connectivity index (χ1) is 10.1. The van der Waals surface area contributed by atoms with Crippen molar-refractivity contribution in [3.05, 3.63) is 59.2 Å². The van der Waals surface area contributed by atoms with Gasteiger partial charge in [-0.15, -0.1) is 0 Å². The van der Waals surface area contributed by atoms with E-state index in [1.165, 1.54) is 6.07 Å². The van der Waals surface area contributed by atoms with Crippen molar-refractivity contribution in [2.45, 2.75) is 13.3 Å². The van der Waals surface area contributed by atoms with E-state index in [2.05, 4.69) is 5.32 Å². The maximum absolute atomic E-state index is 12.3. The van der Waals surface area contributed by atoms with Crippen molar-refractivity contribution in [1.82, 2.24) is 0 Å². The normalized spacial score (nSPS) is 10.4. The van der Waals surface area contributed by atoms with Crippen molar-refractivity contribution in [3.63, 3.8) is 0 Å². The van der Waals surface area contributed by atoms with E-state index in [4.69, 9.17) is 4.74 Å². The van der Waals surface area contributed by atoms with Crippen LogP contribution >= 0.6 is 0 Å². The lowest BCUT2D eigenvalue weighted by atomic mass is 10.1. The van der Waals surface area contributed by atoms with E-state index in [1.54, 1.807) is 19.2 Å². The summed E-state index contributed by atoms with van der Waals surface area (Å²) in [5.74, 6) is -0.339. The summed E-state index contributed by atoms with van der Waals surface area (Å²) < 4.78 is 5.07. The molecule has 2 N–H and O–H groups in total. The molecule has 21 heavy (non-hydrogen) atoms. The highest BCUT2D eigenvalue weighted by Gasteiger charge is 2.13. The Balaban J connectivity index is 2.21. The summed E-state index contributed by atoms with van der Waals surface area (Å²) >= 11 is 0. The van der Waals surface area contributed by atoms with E-state index in [0.717, 1.165) is 16.8 Å². The van der Waals surface area contributed by atoms with Gasteiger partial charge in [0.2, 0.25) is 0 Å². The molecule has 4 heteroatoms. The molecule has 0 heterocycles. The zero-order valence-corrected chi connectivity index (χ0v) is 12.2. The summed E-state index contributed by atoms with van der Waals surface area (Å²) in [5.41, 5.74) is 2.93. The molecule has 0 unspecified atom stereocenters. The second-order valence-electron chi connectivity index (χ2n) is 4.87. The van der Waals surface area contributed by atoms with Gasteiger partial charge in [-0.3, -0.25) is 4.79 Å². The molecule has 0 spiro atoms. The van der Waals surface area contributed by atoms with Crippen LogP contribution in [0.3, 0.4) is 0 Å². The van der Waals surface area contributed by atoms with E-state index >= 15 is 0 Å². The first-order valence-corrected chi connectivity index (χ1v) is 6.79. The highest BCUT2D eigenvalue weighted by molar-refractivity contribution is 6.06. The van der Waals surface area contributed by atoms with Crippen LogP contribution in [0.4, 0.5) is 5.69 Å². The van der Waals surface area contributed by atoms with Gasteiger partial charge in [-0.2, -0.15) is 0 Å². The minimum absolute atomic E-state index is 0.0209. The Morgan fingerprint density at radius 2 is 2.00 bits per heavy atom. The zero-order chi connectivity index (χ0) is 15.2. The molecule has 2 aromatic carbocycles. The van der Waals surface area contributed by atoms with Crippen molar-refractivity contribution in [2.75, 3.05) is 19.0 Å². The lowest BCUT2D eigenvalue weighted by Gasteiger charge is -2.12. The lowest BCUT2D eigenvalue weighted by molar-refractivity contribution is 0.102. The van der Waals surface area contributed by atoms with Gasteiger partial charge in [0.05, 0.1) is 12.2 Å². The second-order valence-corrected chi connectivity index (χ2v) is 4.87. The molecule has 2 aromatic rings. The Bertz CT molecular complexity index is 638. The molecule has 1 amide bonds. The van der Waals surface area contributed by atoms with E-state index in [0.29, 0.717) is 13.0 Å². The topological polar surface area (TPSA) is 58.6 Å². The number of phenolic OH excluding ortho intramolecular Hbond substituents is 1. The molecule has 0 atom stereocenters. The van der Waals surface area contributed by atoms with Crippen LogP contribution in [0.5, 0.6) is 5.75 Å². The maximum Gasteiger partial charge on any atom is 0.259 e. The van der Waals surface area contributed by atoms with Gasteiger partial charge < -0.3 is 15.2 Å². The van der Waals surface area contributed by atoms with Gasteiger partial charge in [-0.05, 0) is 37.1 Å². The van der Waals surface area contributed by atoms with Crippen molar-refractivity contribution in [2.24, 2.45) is 0 Å². The largest absolute Gasteiger partial charge is 0.507 e. The molecule has 110 valence electrons. The van der Waals surface area contributed by atoms with E-state index in [9.17, 15) is 9.90 Å². The van der Waals surface area contributed by atoms with Crippen LogP contribution in [0.1, 0.15) is 21.5 Å². The Labute approximate surface area is 124 Å². The number of hydrogen-bond acceptors (Lipinski definition) is 3. The van der Waals surface area contributed by atoms with E-state index < -0.39 is 0 Å². The number of aromatic hydroxyl groups is 1. The Hall–Kier alpha value is -2.33. The van der Waals surface area contributed by atoms with Gasteiger partial charge in [0.1, 0.15) is 5.75 Å². The Morgan fingerprint density at radius 3 is 2.76 bits per heavy atom. The lowest BCUT2D eigenvalue weighted by Crippen LogP contribution is -2.14. The fraction of sp³-hybridized carbons (Fsp3) is 0.235. The highest BCUT2D eigenvalue weighted by Crippen LogP contribution is 2.22. The number of para-hydroxylation sites is 1. The standard InChI is InChI=1S/C17H19NO3/c1-12-7-8-16(19)14(11-12)17(20)18-15-6-4-3-5-13(15)9-10-21-2/h3-8,11,19H,9-10H2,1-2H3,(H,18,20). The summed E-state index contributed by atoms with van der Waals surface area (Å²) in [6.07, 6.45) is 0.715. The van der Waals surface area contributed by atoms with Gasteiger partial charge >= 0.3 is 0 Å². The number of benzene rings is 2. The zero-order valence-electron chi connectivity index (χ0n) is 12.2. The van der Waals surface area contributed by atoms with E-state index in [1.807, 2.05) is 31.2 Å². The van der Waals surface area contributed by atoms with E-state index in [-0.39, 0.29) is 17.2 Å². The molecule has 0 aliphatic heterocycles. The van der Waals surface area contributed by atoms with Crippen LogP contribution in [-0.4, -0.2) is 24.7 Å². The quantitative estimate of drug-likeness (QED) is 0.887. The number of rotatable bonds is 5. The van der Waals surface area contributed by atoms with Gasteiger partial charge in [0, 0.05) is 12.8 Å². The smallest absolute Gasteiger partial charge is 0.259 e. The number of anilines is 1. The average molecular weight is 285 g/mol. The molecule has 0 fully saturated rings. The number of amides is 1. The predicted molar refractivity (Wildman–Crippen MR) is 82.8 cm³/mol. The van der Waals surface area contributed by atoms with Crippen LogP contribution in [0, 0.1) is 6.92 Å². The van der Waals surface area contributed by atoms with Crippen LogP contribution in [0.2, 0.25) is 0 Å². The summed E-state index contributed by atoms with van der Waals surface area (Å²) in [5, 5.41) is 12.7. The number of nitrogens with one attached hydrogen (secondary N) is 1. The van der Waals surface area contributed by atoms with Gasteiger partial charge in [-0.1, -0.05) is 29.8 Å². The Kier molecular flexibility index (Phi) is 4.95. The second kappa shape index (κ2) is 6.90. The van der Waals surface area contributed by atoms with Crippen LogP contribution in [0.25, 0.3) is 0 Å². The number of carbonyl (C=O) groups excluding carboxylic acids is 1. The van der Waals surface area contributed by atoms with Gasteiger partial charge in [0.15, 0.2) is 0 Å². The number of methoxy groups -OCH3 is 1. The number of hydrogen-bond donors (Lipinski definition) is 2. The molecule has 4 nitrogen and oxygen atoms in total. The molecule has 0 bridgehead atoms. The molecule has 0 radical (unpaired) electrons. The molecule has 0 aromatic heterocycles. The minimum atomic E-state index is -0.318. The first-order valence-electron chi connectivity index (χ1n) is 6.79. The van der Waals surface area contributed by atoms with Gasteiger partial charge in [-0.25, -0.2) is 0 Å². The van der Waals surface area contributed by atoms with Crippen molar-refractivity contribution in [3.8, 4) is 5.75 Å². The predicted octanol–water partition coefficient (Wildman–Crippen LogP) is 3.14. The minimum Gasteiger partial charge on any atom is -0.507 e. The average Bonchev–Trinajstić information content (AvgIpc) is 2.48. The Morgan fingerprint density at radius 1 is 1.24 bits per heavy atom. The molecule has 0 aliphatic carbocycles. The maximum atomic E-state index is 12.3. The molecule has 0 saturated heterocycles. The number of ether oxygens (including phenoxy) is 1. The fourth-order valence-corrected chi connectivity index (χ4v) is 2.09. The summed E-state index contributed by atoms with van der Waals surface area (Å²) in [7, 11) is 1.64. The van der Waals surface area contributed by atoms with Crippen molar-refractivity contribution < 1.29 is 14.6 Å². The molecular weight excluding hydrogens is 266 g/mol. The molecule has 2 rings (SSSR count). The van der Waals surface area contributed by atoms with Crippen LogP contribution < -0.4 is 5.32 Å². The third kappa shape index (κ3) is 3.83. The third-order valence-corrected chi connectivity index (χ3v) is 3.24. The number of carbonyl (C=O) groups is 1. The van der Waals surface area contributed by atoms with Crippen molar-refractivity contribution >= 4 is 11.6 Å². The fourth-order valence-electron chi connectivity index (χ4n) is 2.09. The van der Waals surface area contributed by atoms with Gasteiger partial charge in [0.25, 0.3) is 5.91 Å². The number of phenols is 1. The monoisotopic (exact) mass is 285 g/mol. The van der Waals surface area contributed by atoms with Crippen LogP contribution in [0.15, 0.2) is 42.5 Å². The third-order valence-electron chi connectivity index (χ3n) is 3.24. The van der Waals surface area contributed by atoms with Crippen molar-refractivity contribution in [1.29, 1.82) is 0 Å². The molecule has 0 aliphatic rings. The SMILES string of the molecule is COCCc1ccccc1NC(=O)c1cc(C)ccc1O. The molecule has 0 saturated carbocycles. The summed E-state index contributed by atoms with van der Waals surface area (Å²) in [4.78, 5) is 12.3. The summed E-state index contributed by atoms with van der Waals surface area (Å²) in [6.45, 7) is 2.46. The number of aryl methyl sites for hydroxylation is 1. The van der Waals surface area contributed by atoms with Crippen LogP contribution in [-0.2, 0) is 11.2 Å².